The Morgan fingerprint density at radius 2 is 1.88 bits per heavy atom. The van der Waals surface area contributed by atoms with Crippen LogP contribution in [0.1, 0.15) is 49.4 Å². The number of hydrogen-bond acceptors (Lipinski definition) is 6. The number of aliphatic hydroxyl groups is 1. The number of Topliss-reactive ketones (excluding diaryl/α,β-unsaturated/α-hetero) is 1. The Morgan fingerprint density at radius 3 is 2.53 bits per heavy atom. The van der Waals surface area contributed by atoms with E-state index in [4.69, 9.17) is 4.74 Å². The minimum Gasteiger partial charge on any atom is -0.507 e. The number of phenolic OH excluding ortho intramolecular Hbond substituents is 1. The average molecular weight is 459 g/mol. The number of hydrogen-bond donors (Lipinski definition) is 2. The first-order valence-electron chi connectivity index (χ1n) is 11.1. The molecule has 3 aromatic rings. The second-order valence-electron chi connectivity index (χ2n) is 8.28. The summed E-state index contributed by atoms with van der Waals surface area (Å²) in [5.41, 5.74) is 1.91. The number of anilines is 1. The van der Waals surface area contributed by atoms with Crippen LogP contribution in [0.25, 0.3) is 5.76 Å². The number of carbonyl (C=O) groups is 2. The fourth-order valence-electron chi connectivity index (χ4n) is 4.19. The monoisotopic (exact) mass is 458 g/mol. The van der Waals surface area contributed by atoms with Gasteiger partial charge in [-0.3, -0.25) is 19.5 Å². The number of aliphatic hydroxyl groups excluding tert-OH is 1. The van der Waals surface area contributed by atoms with Crippen LogP contribution in [0.5, 0.6) is 11.5 Å². The Morgan fingerprint density at radius 1 is 1.12 bits per heavy atom. The van der Waals surface area contributed by atoms with E-state index in [0.29, 0.717) is 23.5 Å². The van der Waals surface area contributed by atoms with Crippen molar-refractivity contribution in [3.05, 3.63) is 89.3 Å². The van der Waals surface area contributed by atoms with E-state index in [0.717, 1.165) is 5.56 Å². The highest BCUT2D eigenvalue weighted by Crippen LogP contribution is 2.44. The molecule has 1 aliphatic heterocycles. The van der Waals surface area contributed by atoms with E-state index in [1.165, 1.54) is 17.2 Å². The number of ether oxygens (including phenoxy) is 1. The summed E-state index contributed by atoms with van der Waals surface area (Å²) in [6.07, 6.45) is 3.12. The first-order valence-corrected chi connectivity index (χ1v) is 11.1. The van der Waals surface area contributed by atoms with Crippen LogP contribution in [0.15, 0.2) is 72.6 Å². The van der Waals surface area contributed by atoms with Crippen LogP contribution in [0.4, 0.5) is 5.69 Å². The molecule has 0 saturated carbocycles. The molecule has 1 fully saturated rings. The summed E-state index contributed by atoms with van der Waals surface area (Å²) in [5.74, 6) is -1.32. The lowest BCUT2D eigenvalue weighted by molar-refractivity contribution is -0.132. The highest BCUT2D eigenvalue weighted by Gasteiger charge is 2.47. The van der Waals surface area contributed by atoms with Crippen molar-refractivity contribution in [3.63, 3.8) is 0 Å². The minimum atomic E-state index is -0.962. The summed E-state index contributed by atoms with van der Waals surface area (Å²) in [4.78, 5) is 31.8. The largest absolute Gasteiger partial charge is 0.507 e. The number of amides is 1. The predicted molar refractivity (Wildman–Crippen MR) is 129 cm³/mol. The third-order valence-electron chi connectivity index (χ3n) is 5.79. The lowest BCUT2D eigenvalue weighted by Gasteiger charge is -2.25. The van der Waals surface area contributed by atoms with Crippen LogP contribution in [0.2, 0.25) is 0 Å². The van der Waals surface area contributed by atoms with E-state index in [1.54, 1.807) is 54.7 Å². The Balaban J connectivity index is 1.93. The van der Waals surface area contributed by atoms with Crippen LogP contribution in [-0.4, -0.2) is 33.5 Å². The van der Waals surface area contributed by atoms with Gasteiger partial charge < -0.3 is 14.9 Å². The summed E-state index contributed by atoms with van der Waals surface area (Å²) >= 11 is 0. The number of nitrogens with zero attached hydrogens (tertiary/aromatic N) is 2. The summed E-state index contributed by atoms with van der Waals surface area (Å²) in [6.45, 7) is 6.41. The van der Waals surface area contributed by atoms with Crippen molar-refractivity contribution in [2.75, 3.05) is 11.5 Å². The molecular weight excluding hydrogens is 432 g/mol. The molecule has 1 aliphatic rings. The van der Waals surface area contributed by atoms with Gasteiger partial charge in [0.2, 0.25) is 0 Å². The van der Waals surface area contributed by atoms with Gasteiger partial charge >= 0.3 is 0 Å². The molecule has 1 atom stereocenters. The maximum absolute atomic E-state index is 13.3. The molecule has 0 radical (unpaired) electrons. The van der Waals surface area contributed by atoms with E-state index in [9.17, 15) is 19.8 Å². The van der Waals surface area contributed by atoms with Crippen molar-refractivity contribution in [2.24, 2.45) is 0 Å². The van der Waals surface area contributed by atoms with Crippen molar-refractivity contribution in [2.45, 2.75) is 32.7 Å². The second-order valence-corrected chi connectivity index (χ2v) is 8.28. The van der Waals surface area contributed by atoms with E-state index in [-0.39, 0.29) is 28.7 Å². The van der Waals surface area contributed by atoms with Gasteiger partial charge in [0.25, 0.3) is 11.7 Å². The Hall–Kier alpha value is -4.13. The van der Waals surface area contributed by atoms with Crippen LogP contribution >= 0.6 is 0 Å². The molecule has 1 unspecified atom stereocenters. The molecule has 7 heteroatoms. The summed E-state index contributed by atoms with van der Waals surface area (Å²) < 4.78 is 5.71. The lowest BCUT2D eigenvalue weighted by Crippen LogP contribution is -2.29. The number of para-hydroxylation sites is 2. The molecule has 7 nitrogen and oxygen atoms in total. The van der Waals surface area contributed by atoms with E-state index in [1.807, 2.05) is 20.8 Å². The third-order valence-corrected chi connectivity index (χ3v) is 5.79. The number of aromatic nitrogens is 1. The third kappa shape index (κ3) is 4.01. The van der Waals surface area contributed by atoms with Crippen LogP contribution in [0.3, 0.4) is 0 Å². The first kappa shape index (κ1) is 23.0. The summed E-state index contributed by atoms with van der Waals surface area (Å²) in [6, 6.07) is 13.9. The topological polar surface area (TPSA) is 100.0 Å². The molecule has 0 spiro atoms. The molecule has 0 bridgehead atoms. The van der Waals surface area contributed by atoms with Crippen LogP contribution in [0, 0.1) is 0 Å². The van der Waals surface area contributed by atoms with E-state index >= 15 is 0 Å². The Labute approximate surface area is 198 Å². The molecule has 174 valence electrons. The molecule has 0 aliphatic carbocycles. The molecule has 1 saturated heterocycles. The summed E-state index contributed by atoms with van der Waals surface area (Å²) in [7, 11) is 0. The number of carbonyl (C=O) groups excluding carboxylic acids is 2. The molecule has 2 heterocycles. The van der Waals surface area contributed by atoms with E-state index < -0.39 is 17.7 Å². The zero-order valence-electron chi connectivity index (χ0n) is 19.2. The van der Waals surface area contributed by atoms with Crippen molar-refractivity contribution < 1.29 is 24.5 Å². The van der Waals surface area contributed by atoms with Gasteiger partial charge in [0, 0.05) is 18.0 Å². The molecule has 2 aromatic carbocycles. The maximum atomic E-state index is 13.3. The van der Waals surface area contributed by atoms with Gasteiger partial charge in [-0.25, -0.2) is 0 Å². The number of rotatable bonds is 6. The van der Waals surface area contributed by atoms with Crippen molar-refractivity contribution in [3.8, 4) is 11.5 Å². The summed E-state index contributed by atoms with van der Waals surface area (Å²) in [5, 5.41) is 21.8. The minimum absolute atomic E-state index is 0.0693. The molecule has 34 heavy (non-hydrogen) atoms. The Bertz CT molecular complexity index is 1270. The lowest BCUT2D eigenvalue weighted by atomic mass is 9.93. The number of pyridine rings is 1. The zero-order chi connectivity index (χ0) is 24.4. The highest BCUT2D eigenvalue weighted by atomic mass is 16.5. The quantitative estimate of drug-likeness (QED) is 0.308. The fraction of sp³-hybridized carbons (Fsp3) is 0.222. The van der Waals surface area contributed by atoms with Gasteiger partial charge in [-0.2, -0.15) is 0 Å². The van der Waals surface area contributed by atoms with Gasteiger partial charge in [0.15, 0.2) is 0 Å². The van der Waals surface area contributed by atoms with Crippen molar-refractivity contribution in [1.29, 1.82) is 0 Å². The zero-order valence-corrected chi connectivity index (χ0v) is 19.2. The molecule has 1 amide bonds. The smallest absolute Gasteiger partial charge is 0.300 e. The number of aromatic hydroxyl groups is 1. The standard InChI is InChI=1S/C27H26N2O5/c1-4-34-22-12-11-17(14-19(22)16(2)3)25(31)23-24(18-8-7-13-28-15-18)29(27(33)26(23)32)20-9-5-6-10-21(20)30/h5-16,24,30-31H,4H2,1-3H3/b25-23-. The van der Waals surface area contributed by atoms with Gasteiger partial charge in [0.1, 0.15) is 17.3 Å². The number of phenols is 1. The Kier molecular flexibility index (Phi) is 6.36. The SMILES string of the molecule is CCOc1ccc(/C(O)=C2/C(=O)C(=O)N(c3ccccc3O)C2c2cccnc2)cc1C(C)C. The average Bonchev–Trinajstić information content (AvgIpc) is 3.10. The number of benzene rings is 2. The van der Waals surface area contributed by atoms with E-state index in [2.05, 4.69) is 4.98 Å². The highest BCUT2D eigenvalue weighted by molar-refractivity contribution is 6.51. The predicted octanol–water partition coefficient (Wildman–Crippen LogP) is 4.94. The first-order chi connectivity index (χ1) is 16.3. The van der Waals surface area contributed by atoms with Gasteiger partial charge in [-0.05, 0) is 60.4 Å². The second kappa shape index (κ2) is 9.39. The molecule has 2 N–H and O–H groups in total. The normalized spacial score (nSPS) is 17.4. The molecule has 1 aromatic heterocycles. The fourth-order valence-corrected chi connectivity index (χ4v) is 4.19. The molecular formula is C27H26N2O5. The van der Waals surface area contributed by atoms with Gasteiger partial charge in [-0.15, -0.1) is 0 Å². The van der Waals surface area contributed by atoms with Crippen LogP contribution < -0.4 is 9.64 Å². The van der Waals surface area contributed by atoms with Crippen molar-refractivity contribution in [1.82, 2.24) is 4.98 Å². The van der Waals surface area contributed by atoms with Gasteiger partial charge in [0.05, 0.1) is 23.9 Å². The van der Waals surface area contributed by atoms with Gasteiger partial charge in [-0.1, -0.05) is 32.0 Å². The maximum Gasteiger partial charge on any atom is 0.300 e. The van der Waals surface area contributed by atoms with Crippen LogP contribution in [-0.2, 0) is 9.59 Å². The number of ketones is 1. The van der Waals surface area contributed by atoms with Crippen molar-refractivity contribution >= 4 is 23.1 Å². The molecule has 4 rings (SSSR count).